The molecule has 0 radical (unpaired) electrons. The Kier molecular flexibility index (Phi) is 9.74. The third-order valence-electron chi connectivity index (χ3n) is 7.57. The van der Waals surface area contributed by atoms with E-state index in [2.05, 4.69) is 31.9 Å². The van der Waals surface area contributed by atoms with Gasteiger partial charge in [0, 0.05) is 30.1 Å². The first-order chi connectivity index (χ1) is 18.8. The summed E-state index contributed by atoms with van der Waals surface area (Å²) < 4.78 is 0.958. The van der Waals surface area contributed by atoms with Crippen molar-refractivity contribution in [3.63, 3.8) is 0 Å². The van der Waals surface area contributed by atoms with Crippen molar-refractivity contribution >= 4 is 39.6 Å². The van der Waals surface area contributed by atoms with Crippen LogP contribution in [0.15, 0.2) is 59.1 Å². The van der Waals surface area contributed by atoms with Gasteiger partial charge in [0.1, 0.15) is 12.1 Å². The van der Waals surface area contributed by atoms with Gasteiger partial charge in [-0.15, -0.1) is 0 Å². The van der Waals surface area contributed by atoms with Crippen LogP contribution in [0, 0.1) is 0 Å². The number of nitrogens with zero attached hydrogens (tertiary/aromatic N) is 2. The molecular weight excluding hydrogens is 562 g/mol. The van der Waals surface area contributed by atoms with Gasteiger partial charge in [-0.1, -0.05) is 58.4 Å². The molecule has 10 heteroatoms. The molecule has 2 aromatic carbocycles. The minimum atomic E-state index is -0.948. The molecule has 39 heavy (non-hydrogen) atoms. The summed E-state index contributed by atoms with van der Waals surface area (Å²) in [5.41, 5.74) is 1.85. The second-order valence-corrected chi connectivity index (χ2v) is 11.1. The van der Waals surface area contributed by atoms with Crippen LogP contribution in [-0.2, 0) is 32.1 Å². The minimum absolute atomic E-state index is 0.0587. The molecular formula is C29H36BrN5O4. The fourth-order valence-corrected chi connectivity index (χ4v) is 5.45. The second kappa shape index (κ2) is 13.2. The van der Waals surface area contributed by atoms with Gasteiger partial charge < -0.3 is 25.8 Å². The standard InChI is InChI=1S/C29H36BrN5O4/c1-19(31-2)27(37)33-24-18-34(26(36)16-20-6-4-3-5-7-20)15-14-23-12-13-25(35(23)29(24)39)28(38)32-17-21-8-10-22(30)11-9-21/h3-11,19,23-25,31H,12-18H2,1-2H3,(H,32,38)(H,33,37)/t19-,23+,24-,25-/m0/s1. The molecule has 2 fully saturated rings. The normalized spacial score (nSPS) is 21.9. The van der Waals surface area contributed by atoms with E-state index in [1.165, 1.54) is 0 Å². The van der Waals surface area contributed by atoms with E-state index in [4.69, 9.17) is 0 Å². The Bertz CT molecular complexity index is 1180. The number of amides is 4. The van der Waals surface area contributed by atoms with Crippen LogP contribution in [0.5, 0.6) is 0 Å². The molecule has 9 nitrogen and oxygen atoms in total. The van der Waals surface area contributed by atoms with Crippen LogP contribution in [0.3, 0.4) is 0 Å². The molecule has 0 unspecified atom stereocenters. The van der Waals surface area contributed by atoms with Gasteiger partial charge in [-0.3, -0.25) is 19.2 Å². The van der Waals surface area contributed by atoms with E-state index in [1.54, 1.807) is 23.8 Å². The van der Waals surface area contributed by atoms with Gasteiger partial charge in [0.2, 0.25) is 23.6 Å². The first kappa shape index (κ1) is 28.8. The first-order valence-corrected chi connectivity index (χ1v) is 14.2. The predicted octanol–water partition coefficient (Wildman–Crippen LogP) is 1.99. The number of hydrogen-bond acceptors (Lipinski definition) is 5. The van der Waals surface area contributed by atoms with E-state index in [9.17, 15) is 19.2 Å². The fourth-order valence-electron chi connectivity index (χ4n) is 5.19. The molecule has 3 N–H and O–H groups in total. The first-order valence-electron chi connectivity index (χ1n) is 13.4. The lowest BCUT2D eigenvalue weighted by molar-refractivity contribution is -0.147. The maximum absolute atomic E-state index is 13.9. The molecule has 4 amide bonds. The second-order valence-electron chi connectivity index (χ2n) is 10.2. The van der Waals surface area contributed by atoms with Gasteiger partial charge in [0.25, 0.3) is 0 Å². The molecule has 2 aromatic rings. The van der Waals surface area contributed by atoms with Gasteiger partial charge in [-0.05, 0) is 56.5 Å². The number of carbonyl (C=O) groups excluding carboxylic acids is 4. The number of nitrogens with one attached hydrogen (secondary N) is 3. The average Bonchev–Trinajstić information content (AvgIpc) is 3.36. The lowest BCUT2D eigenvalue weighted by Gasteiger charge is -2.39. The molecule has 2 aliphatic heterocycles. The molecule has 0 spiro atoms. The van der Waals surface area contributed by atoms with Crippen LogP contribution in [0.4, 0.5) is 0 Å². The van der Waals surface area contributed by atoms with E-state index >= 15 is 0 Å². The molecule has 2 saturated heterocycles. The zero-order valence-electron chi connectivity index (χ0n) is 22.4. The summed E-state index contributed by atoms with van der Waals surface area (Å²) in [6.45, 7) is 2.57. The summed E-state index contributed by atoms with van der Waals surface area (Å²) in [7, 11) is 1.67. The van der Waals surface area contributed by atoms with Crippen molar-refractivity contribution in [2.45, 2.75) is 63.3 Å². The Morgan fingerprint density at radius 1 is 1.00 bits per heavy atom. The number of carbonyl (C=O) groups is 4. The highest BCUT2D eigenvalue weighted by Gasteiger charge is 2.45. The Balaban J connectivity index is 1.51. The Labute approximate surface area is 237 Å². The number of benzene rings is 2. The van der Waals surface area contributed by atoms with E-state index in [-0.39, 0.29) is 42.6 Å². The fraction of sp³-hybridized carbons (Fsp3) is 0.448. The maximum Gasteiger partial charge on any atom is 0.247 e. The monoisotopic (exact) mass is 597 g/mol. The molecule has 2 aliphatic rings. The van der Waals surface area contributed by atoms with Crippen LogP contribution in [0.25, 0.3) is 0 Å². The van der Waals surface area contributed by atoms with Gasteiger partial charge in [0.15, 0.2) is 0 Å². The van der Waals surface area contributed by atoms with Crippen LogP contribution in [-0.4, -0.2) is 77.7 Å². The van der Waals surface area contributed by atoms with Crippen molar-refractivity contribution in [1.29, 1.82) is 0 Å². The number of halogens is 1. The highest BCUT2D eigenvalue weighted by Crippen LogP contribution is 2.29. The van der Waals surface area contributed by atoms with Crippen molar-refractivity contribution in [3.8, 4) is 0 Å². The minimum Gasteiger partial charge on any atom is -0.350 e. The molecule has 208 valence electrons. The van der Waals surface area contributed by atoms with Crippen LogP contribution >= 0.6 is 15.9 Å². The molecule has 0 aliphatic carbocycles. The van der Waals surface area contributed by atoms with Crippen molar-refractivity contribution in [2.75, 3.05) is 20.1 Å². The maximum atomic E-state index is 13.9. The third kappa shape index (κ3) is 7.24. The van der Waals surface area contributed by atoms with E-state index in [0.717, 1.165) is 15.6 Å². The zero-order chi connectivity index (χ0) is 27.9. The third-order valence-corrected chi connectivity index (χ3v) is 8.10. The summed E-state index contributed by atoms with van der Waals surface area (Å²) in [6, 6.07) is 14.9. The largest absolute Gasteiger partial charge is 0.350 e. The Hall–Kier alpha value is -3.24. The average molecular weight is 599 g/mol. The van der Waals surface area contributed by atoms with Crippen LogP contribution < -0.4 is 16.0 Å². The molecule has 4 rings (SSSR count). The predicted molar refractivity (Wildman–Crippen MR) is 151 cm³/mol. The highest BCUT2D eigenvalue weighted by atomic mass is 79.9. The van der Waals surface area contributed by atoms with Crippen molar-refractivity contribution < 1.29 is 19.2 Å². The summed E-state index contributed by atoms with van der Waals surface area (Å²) in [6.07, 6.45) is 2.00. The van der Waals surface area contributed by atoms with E-state index in [0.29, 0.717) is 32.4 Å². The Morgan fingerprint density at radius 2 is 1.72 bits per heavy atom. The smallest absolute Gasteiger partial charge is 0.247 e. The number of hydrogen-bond donors (Lipinski definition) is 3. The number of likely N-dealkylation sites (N-methyl/N-ethyl adjacent to an activating group) is 1. The van der Waals surface area contributed by atoms with Gasteiger partial charge in [-0.2, -0.15) is 0 Å². The van der Waals surface area contributed by atoms with Crippen molar-refractivity contribution in [2.24, 2.45) is 0 Å². The van der Waals surface area contributed by atoms with Crippen LogP contribution in [0.2, 0.25) is 0 Å². The molecule has 0 aromatic heterocycles. The number of rotatable bonds is 8. The van der Waals surface area contributed by atoms with Gasteiger partial charge in [-0.25, -0.2) is 0 Å². The number of fused-ring (bicyclic) bond motifs is 1. The molecule has 0 saturated carbocycles. The highest BCUT2D eigenvalue weighted by molar-refractivity contribution is 9.10. The van der Waals surface area contributed by atoms with Gasteiger partial charge in [0.05, 0.1) is 12.5 Å². The zero-order valence-corrected chi connectivity index (χ0v) is 23.9. The molecule has 0 bridgehead atoms. The molecule has 2 heterocycles. The van der Waals surface area contributed by atoms with Crippen molar-refractivity contribution in [1.82, 2.24) is 25.8 Å². The quantitative estimate of drug-likeness (QED) is 0.431. The summed E-state index contributed by atoms with van der Waals surface area (Å²) in [4.78, 5) is 56.6. The topological polar surface area (TPSA) is 111 Å². The van der Waals surface area contributed by atoms with E-state index in [1.807, 2.05) is 54.6 Å². The summed E-state index contributed by atoms with van der Waals surface area (Å²) >= 11 is 3.41. The summed E-state index contributed by atoms with van der Waals surface area (Å²) in [5.74, 6) is -0.959. The Morgan fingerprint density at radius 3 is 2.41 bits per heavy atom. The van der Waals surface area contributed by atoms with Crippen LogP contribution in [0.1, 0.15) is 37.3 Å². The van der Waals surface area contributed by atoms with Gasteiger partial charge >= 0.3 is 0 Å². The lowest BCUT2D eigenvalue weighted by Crippen LogP contribution is -2.62. The van der Waals surface area contributed by atoms with E-state index < -0.39 is 18.1 Å². The van der Waals surface area contributed by atoms with Crippen molar-refractivity contribution in [3.05, 3.63) is 70.2 Å². The molecule has 4 atom stereocenters. The lowest BCUT2D eigenvalue weighted by atomic mass is 10.0. The SMILES string of the molecule is CN[C@@H](C)C(=O)N[C@H]1CN(C(=O)Cc2ccccc2)CC[C@H]2CC[C@@H](C(=O)NCc3ccc(Br)cc3)N2C1=O. The summed E-state index contributed by atoms with van der Waals surface area (Å²) in [5, 5.41) is 8.71.